The standard InChI is InChI=1S/C18H21N5O2/c1-2-23(9-15(24)25)12-7-11(8-12)21-17-16-13-5-3-4-6-14(13)22-18(16)20-10-19-17/h3-6,10-12H,2,7-9H2,1H3,(H,24,25)(H2,19,20,21,22). The number of aromatic amines is 1. The van der Waals surface area contributed by atoms with Gasteiger partial charge in [0.15, 0.2) is 0 Å². The van der Waals surface area contributed by atoms with Gasteiger partial charge < -0.3 is 15.4 Å². The maximum atomic E-state index is 10.9. The van der Waals surface area contributed by atoms with E-state index >= 15 is 0 Å². The molecule has 0 radical (unpaired) electrons. The third-order valence-electron chi connectivity index (χ3n) is 5.01. The zero-order valence-electron chi connectivity index (χ0n) is 14.1. The van der Waals surface area contributed by atoms with Gasteiger partial charge in [0, 0.05) is 23.0 Å². The average Bonchev–Trinajstić information content (AvgIpc) is 2.95. The zero-order chi connectivity index (χ0) is 17.4. The molecule has 0 unspecified atom stereocenters. The van der Waals surface area contributed by atoms with Crippen LogP contribution in [0.3, 0.4) is 0 Å². The van der Waals surface area contributed by atoms with Crippen molar-refractivity contribution in [1.82, 2.24) is 19.9 Å². The van der Waals surface area contributed by atoms with E-state index < -0.39 is 5.97 Å². The lowest BCUT2D eigenvalue weighted by Crippen LogP contribution is -2.51. The van der Waals surface area contributed by atoms with Crippen molar-refractivity contribution in [3.05, 3.63) is 30.6 Å². The van der Waals surface area contributed by atoms with Gasteiger partial charge in [0.2, 0.25) is 0 Å². The van der Waals surface area contributed by atoms with Gasteiger partial charge in [-0.05, 0) is 25.5 Å². The fraction of sp³-hybridized carbons (Fsp3) is 0.389. The van der Waals surface area contributed by atoms with Crippen molar-refractivity contribution >= 4 is 33.7 Å². The van der Waals surface area contributed by atoms with Gasteiger partial charge in [-0.15, -0.1) is 0 Å². The predicted octanol–water partition coefficient (Wildman–Crippen LogP) is 2.46. The van der Waals surface area contributed by atoms with E-state index in [0.717, 1.165) is 47.1 Å². The van der Waals surface area contributed by atoms with Crippen molar-refractivity contribution in [3.63, 3.8) is 0 Å². The second-order valence-corrected chi connectivity index (χ2v) is 6.54. The van der Waals surface area contributed by atoms with Gasteiger partial charge in [-0.3, -0.25) is 9.69 Å². The number of aliphatic carboxylic acids is 1. The second kappa shape index (κ2) is 6.33. The van der Waals surface area contributed by atoms with Crippen molar-refractivity contribution in [1.29, 1.82) is 0 Å². The van der Waals surface area contributed by atoms with Crippen LogP contribution in [0.15, 0.2) is 30.6 Å². The summed E-state index contributed by atoms with van der Waals surface area (Å²) in [4.78, 5) is 25.1. The van der Waals surface area contributed by atoms with E-state index in [1.807, 2.05) is 30.0 Å². The van der Waals surface area contributed by atoms with Crippen LogP contribution in [0.2, 0.25) is 0 Å². The Morgan fingerprint density at radius 1 is 1.36 bits per heavy atom. The number of para-hydroxylation sites is 1. The summed E-state index contributed by atoms with van der Waals surface area (Å²) >= 11 is 0. The minimum Gasteiger partial charge on any atom is -0.480 e. The first-order valence-corrected chi connectivity index (χ1v) is 8.59. The Balaban J connectivity index is 1.52. The number of nitrogens with one attached hydrogen (secondary N) is 2. The van der Waals surface area contributed by atoms with Crippen molar-refractivity contribution < 1.29 is 9.90 Å². The molecule has 1 aliphatic carbocycles. The largest absolute Gasteiger partial charge is 0.480 e. The summed E-state index contributed by atoms with van der Waals surface area (Å²) in [5, 5.41) is 14.6. The highest BCUT2D eigenvalue weighted by Gasteiger charge is 2.34. The molecule has 1 saturated carbocycles. The number of hydrogen-bond donors (Lipinski definition) is 3. The average molecular weight is 339 g/mol. The predicted molar refractivity (Wildman–Crippen MR) is 96.7 cm³/mol. The van der Waals surface area contributed by atoms with Crippen molar-refractivity contribution in [2.45, 2.75) is 31.8 Å². The minimum atomic E-state index is -0.769. The number of benzene rings is 1. The summed E-state index contributed by atoms with van der Waals surface area (Å²) in [6, 6.07) is 8.73. The van der Waals surface area contributed by atoms with E-state index in [0.29, 0.717) is 12.1 Å². The van der Waals surface area contributed by atoms with Gasteiger partial charge in [-0.1, -0.05) is 25.1 Å². The monoisotopic (exact) mass is 339 g/mol. The van der Waals surface area contributed by atoms with Gasteiger partial charge in [0.25, 0.3) is 0 Å². The first-order valence-electron chi connectivity index (χ1n) is 8.59. The molecule has 0 spiro atoms. The first kappa shape index (κ1) is 15.8. The molecule has 3 N–H and O–H groups in total. The minimum absolute atomic E-state index is 0.105. The SMILES string of the molecule is CCN(CC(=O)O)C1CC(Nc2ncnc3[nH]c4ccccc4c23)C1. The molecule has 2 aromatic heterocycles. The number of rotatable bonds is 6. The highest BCUT2D eigenvalue weighted by atomic mass is 16.4. The highest BCUT2D eigenvalue weighted by Crippen LogP contribution is 2.33. The number of hydrogen-bond acceptors (Lipinski definition) is 5. The Kier molecular flexibility index (Phi) is 4.01. The second-order valence-electron chi connectivity index (χ2n) is 6.54. The van der Waals surface area contributed by atoms with E-state index in [2.05, 4.69) is 26.3 Å². The van der Waals surface area contributed by atoms with Crippen LogP contribution in [0.5, 0.6) is 0 Å². The van der Waals surface area contributed by atoms with Crippen LogP contribution in [-0.4, -0.2) is 56.1 Å². The van der Waals surface area contributed by atoms with Gasteiger partial charge in [0.1, 0.15) is 17.8 Å². The maximum absolute atomic E-state index is 10.9. The molecule has 4 rings (SSSR count). The van der Waals surface area contributed by atoms with Crippen LogP contribution in [0.25, 0.3) is 21.9 Å². The molecule has 7 heteroatoms. The quantitative estimate of drug-likeness (QED) is 0.639. The number of likely N-dealkylation sites (N-methyl/N-ethyl adjacent to an activating group) is 1. The molecular weight excluding hydrogens is 318 g/mol. The van der Waals surface area contributed by atoms with Gasteiger partial charge in [-0.2, -0.15) is 0 Å². The number of H-pyrrole nitrogens is 1. The molecule has 0 aliphatic heterocycles. The number of fused-ring (bicyclic) bond motifs is 3. The molecule has 7 nitrogen and oxygen atoms in total. The molecular formula is C18H21N5O2. The number of nitrogens with zero attached hydrogens (tertiary/aromatic N) is 3. The number of carboxylic acids is 1. The van der Waals surface area contributed by atoms with Gasteiger partial charge >= 0.3 is 5.97 Å². The summed E-state index contributed by atoms with van der Waals surface area (Å²) in [7, 11) is 0. The van der Waals surface area contributed by atoms with Crippen LogP contribution in [0.1, 0.15) is 19.8 Å². The Hall–Kier alpha value is -2.67. The lowest BCUT2D eigenvalue weighted by Gasteiger charge is -2.42. The van der Waals surface area contributed by atoms with Crippen LogP contribution in [0, 0.1) is 0 Å². The zero-order valence-corrected chi connectivity index (χ0v) is 14.1. The van der Waals surface area contributed by atoms with E-state index in [1.54, 1.807) is 6.33 Å². The molecule has 1 aliphatic rings. The van der Waals surface area contributed by atoms with Crippen molar-refractivity contribution in [2.75, 3.05) is 18.4 Å². The molecule has 3 aromatic rings. The summed E-state index contributed by atoms with van der Waals surface area (Å²) < 4.78 is 0. The first-order chi connectivity index (χ1) is 12.2. The molecule has 0 bridgehead atoms. The Bertz CT molecular complexity index is 916. The molecule has 0 saturated heterocycles. The number of carboxylic acid groups (broad SMARTS) is 1. The highest BCUT2D eigenvalue weighted by molar-refractivity contribution is 6.10. The number of carbonyl (C=O) groups is 1. The smallest absolute Gasteiger partial charge is 0.317 e. The Morgan fingerprint density at radius 2 is 2.16 bits per heavy atom. The topological polar surface area (TPSA) is 94.1 Å². The van der Waals surface area contributed by atoms with Crippen LogP contribution in [-0.2, 0) is 4.79 Å². The summed E-state index contributed by atoms with van der Waals surface area (Å²) in [6.07, 6.45) is 3.42. The van der Waals surface area contributed by atoms with E-state index in [-0.39, 0.29) is 6.54 Å². The summed E-state index contributed by atoms with van der Waals surface area (Å²) in [6.45, 7) is 2.86. The van der Waals surface area contributed by atoms with Crippen LogP contribution < -0.4 is 5.32 Å². The third kappa shape index (κ3) is 2.91. The Labute approximate surface area is 145 Å². The fourth-order valence-corrected chi connectivity index (χ4v) is 3.65. The fourth-order valence-electron chi connectivity index (χ4n) is 3.65. The Morgan fingerprint density at radius 3 is 2.92 bits per heavy atom. The molecule has 0 atom stereocenters. The van der Waals surface area contributed by atoms with E-state index in [1.165, 1.54) is 0 Å². The molecule has 1 aromatic carbocycles. The van der Waals surface area contributed by atoms with Gasteiger partial charge in [-0.25, -0.2) is 9.97 Å². The molecule has 0 amide bonds. The summed E-state index contributed by atoms with van der Waals surface area (Å²) in [5.41, 5.74) is 1.88. The third-order valence-corrected chi connectivity index (χ3v) is 5.01. The van der Waals surface area contributed by atoms with E-state index in [9.17, 15) is 4.79 Å². The van der Waals surface area contributed by atoms with Crippen LogP contribution in [0.4, 0.5) is 5.82 Å². The van der Waals surface area contributed by atoms with Crippen molar-refractivity contribution in [3.8, 4) is 0 Å². The molecule has 1 fully saturated rings. The lowest BCUT2D eigenvalue weighted by molar-refractivity contribution is -0.139. The lowest BCUT2D eigenvalue weighted by atomic mass is 9.85. The summed E-state index contributed by atoms with van der Waals surface area (Å²) in [5.74, 6) is 0.0711. The normalized spacial score (nSPS) is 20.1. The molecule has 130 valence electrons. The number of aromatic nitrogens is 3. The number of anilines is 1. The molecule has 2 heterocycles. The maximum Gasteiger partial charge on any atom is 0.317 e. The van der Waals surface area contributed by atoms with E-state index in [4.69, 9.17) is 5.11 Å². The van der Waals surface area contributed by atoms with Crippen LogP contribution >= 0.6 is 0 Å². The van der Waals surface area contributed by atoms with Crippen molar-refractivity contribution in [2.24, 2.45) is 0 Å². The van der Waals surface area contributed by atoms with Gasteiger partial charge in [0.05, 0.1) is 11.9 Å². The molecule has 25 heavy (non-hydrogen) atoms.